The second-order valence-electron chi connectivity index (χ2n) is 4.75. The van der Waals surface area contributed by atoms with Gasteiger partial charge in [0.15, 0.2) is 0 Å². The van der Waals surface area contributed by atoms with Gasteiger partial charge in [0, 0.05) is 28.3 Å². The number of aromatic nitrogens is 2. The van der Waals surface area contributed by atoms with Crippen LogP contribution in [-0.4, -0.2) is 21.8 Å². The van der Waals surface area contributed by atoms with Gasteiger partial charge in [-0.05, 0) is 25.6 Å². The summed E-state index contributed by atoms with van der Waals surface area (Å²) in [6, 6.07) is 5.31. The van der Waals surface area contributed by atoms with Gasteiger partial charge in [0.1, 0.15) is 0 Å². The van der Waals surface area contributed by atoms with E-state index in [2.05, 4.69) is 33.3 Å². The molecule has 2 rings (SSSR count). The summed E-state index contributed by atoms with van der Waals surface area (Å²) in [6.45, 7) is 2.47. The Hall–Kier alpha value is -1.73. The van der Waals surface area contributed by atoms with Crippen LogP contribution in [-0.2, 0) is 6.54 Å². The number of nitro groups is 1. The summed E-state index contributed by atoms with van der Waals surface area (Å²) in [5, 5.41) is 18.6. The summed E-state index contributed by atoms with van der Waals surface area (Å²) < 4.78 is 2.42. The fourth-order valence-electron chi connectivity index (χ4n) is 2.27. The molecule has 6 nitrogen and oxygen atoms in total. The molecule has 0 spiro atoms. The maximum atomic E-state index is 11.1. The van der Waals surface area contributed by atoms with E-state index >= 15 is 0 Å². The van der Waals surface area contributed by atoms with Crippen molar-refractivity contribution in [1.29, 1.82) is 0 Å². The Bertz CT molecular complexity index is 638. The molecule has 2 aromatic rings. The van der Waals surface area contributed by atoms with Crippen LogP contribution in [0.25, 0.3) is 0 Å². The monoisotopic (exact) mass is 352 g/mol. The van der Waals surface area contributed by atoms with Crippen molar-refractivity contribution in [1.82, 2.24) is 15.1 Å². The molecule has 7 heteroatoms. The van der Waals surface area contributed by atoms with Crippen LogP contribution in [0.5, 0.6) is 0 Å². The first-order chi connectivity index (χ1) is 10.0. The summed E-state index contributed by atoms with van der Waals surface area (Å²) in [4.78, 5) is 10.7. The van der Waals surface area contributed by atoms with Crippen molar-refractivity contribution in [2.75, 3.05) is 7.05 Å². The molecule has 0 bridgehead atoms. The number of hydrogen-bond acceptors (Lipinski definition) is 4. The van der Waals surface area contributed by atoms with E-state index < -0.39 is 0 Å². The lowest BCUT2D eigenvalue weighted by atomic mass is 10.1. The van der Waals surface area contributed by atoms with Gasteiger partial charge in [-0.1, -0.05) is 22.9 Å². The minimum atomic E-state index is -0.368. The minimum absolute atomic E-state index is 0.0992. The molecule has 1 heterocycles. The Labute approximate surface area is 131 Å². The Morgan fingerprint density at radius 3 is 2.90 bits per heavy atom. The number of hydrogen-bond donors (Lipinski definition) is 1. The predicted octanol–water partition coefficient (Wildman–Crippen LogP) is 3.27. The minimum Gasteiger partial charge on any atom is -0.313 e. The fourth-order valence-corrected chi connectivity index (χ4v) is 2.62. The van der Waals surface area contributed by atoms with E-state index in [0.29, 0.717) is 16.6 Å². The number of nitro benzene ring substituents is 1. The molecule has 0 fully saturated rings. The van der Waals surface area contributed by atoms with Crippen LogP contribution in [0, 0.1) is 10.1 Å². The zero-order chi connectivity index (χ0) is 15.4. The molecule has 1 atom stereocenters. The SMILES string of the molecule is CCC(NC)c1cnn(Cc2ccc(Br)cc2[N+](=O)[O-])c1. The van der Waals surface area contributed by atoms with Crippen molar-refractivity contribution in [3.8, 4) is 0 Å². The van der Waals surface area contributed by atoms with Crippen molar-refractivity contribution in [2.45, 2.75) is 25.9 Å². The Morgan fingerprint density at radius 1 is 1.52 bits per heavy atom. The molecule has 112 valence electrons. The third-order valence-electron chi connectivity index (χ3n) is 3.39. The zero-order valence-corrected chi connectivity index (χ0v) is 13.5. The number of halogens is 1. The number of benzene rings is 1. The maximum Gasteiger partial charge on any atom is 0.275 e. The molecule has 0 aliphatic carbocycles. The van der Waals surface area contributed by atoms with Crippen LogP contribution >= 0.6 is 15.9 Å². The van der Waals surface area contributed by atoms with E-state index in [4.69, 9.17) is 0 Å². The highest BCUT2D eigenvalue weighted by Crippen LogP contribution is 2.24. The molecule has 0 aliphatic heterocycles. The lowest BCUT2D eigenvalue weighted by Gasteiger charge is -2.10. The lowest BCUT2D eigenvalue weighted by Crippen LogP contribution is -2.14. The van der Waals surface area contributed by atoms with Gasteiger partial charge < -0.3 is 5.32 Å². The van der Waals surface area contributed by atoms with E-state index in [1.165, 1.54) is 6.07 Å². The molecule has 0 radical (unpaired) electrons. The van der Waals surface area contributed by atoms with Gasteiger partial charge in [-0.25, -0.2) is 0 Å². The maximum absolute atomic E-state index is 11.1. The van der Waals surface area contributed by atoms with E-state index in [0.717, 1.165) is 12.0 Å². The molecule has 21 heavy (non-hydrogen) atoms. The molecular formula is C14H17BrN4O2. The largest absolute Gasteiger partial charge is 0.313 e. The van der Waals surface area contributed by atoms with E-state index in [-0.39, 0.29) is 16.7 Å². The van der Waals surface area contributed by atoms with Gasteiger partial charge in [0.25, 0.3) is 5.69 Å². The van der Waals surface area contributed by atoms with Gasteiger partial charge in [-0.15, -0.1) is 0 Å². The summed E-state index contributed by atoms with van der Waals surface area (Å²) in [5.74, 6) is 0. The first kappa shape index (κ1) is 15.7. The van der Waals surface area contributed by atoms with Gasteiger partial charge in [0.05, 0.1) is 23.2 Å². The Kier molecular flexibility index (Phi) is 5.08. The van der Waals surface area contributed by atoms with Crippen LogP contribution in [0.3, 0.4) is 0 Å². The number of rotatable bonds is 6. The van der Waals surface area contributed by atoms with Crippen molar-refractivity contribution in [2.24, 2.45) is 0 Å². The molecule has 1 aromatic carbocycles. The van der Waals surface area contributed by atoms with Gasteiger partial charge >= 0.3 is 0 Å². The van der Waals surface area contributed by atoms with Crippen molar-refractivity contribution in [3.05, 3.63) is 56.3 Å². The highest BCUT2D eigenvalue weighted by atomic mass is 79.9. The van der Waals surface area contributed by atoms with Crippen molar-refractivity contribution in [3.63, 3.8) is 0 Å². The summed E-state index contributed by atoms with van der Waals surface area (Å²) in [7, 11) is 1.91. The first-order valence-electron chi connectivity index (χ1n) is 6.67. The van der Waals surface area contributed by atoms with Crippen LogP contribution in [0.4, 0.5) is 5.69 Å². The molecule has 1 N–H and O–H groups in total. The van der Waals surface area contributed by atoms with Crippen LogP contribution in [0.2, 0.25) is 0 Å². The van der Waals surface area contributed by atoms with Gasteiger partial charge in [0.2, 0.25) is 0 Å². The number of nitrogens with zero attached hydrogens (tertiary/aromatic N) is 3. The molecular weight excluding hydrogens is 336 g/mol. The Balaban J connectivity index is 2.25. The summed E-state index contributed by atoms with van der Waals surface area (Å²) >= 11 is 3.26. The zero-order valence-electron chi connectivity index (χ0n) is 11.9. The third kappa shape index (κ3) is 3.68. The van der Waals surface area contributed by atoms with E-state index in [1.807, 2.05) is 13.2 Å². The van der Waals surface area contributed by atoms with Crippen molar-refractivity contribution < 1.29 is 4.92 Å². The summed E-state index contributed by atoms with van der Waals surface area (Å²) in [5.41, 5.74) is 1.82. The number of nitrogens with one attached hydrogen (secondary N) is 1. The van der Waals surface area contributed by atoms with E-state index in [9.17, 15) is 10.1 Å². The molecule has 0 saturated carbocycles. The normalized spacial score (nSPS) is 12.3. The predicted molar refractivity (Wildman–Crippen MR) is 84.2 cm³/mol. The highest BCUT2D eigenvalue weighted by Gasteiger charge is 2.16. The lowest BCUT2D eigenvalue weighted by molar-refractivity contribution is -0.385. The van der Waals surface area contributed by atoms with Crippen LogP contribution in [0.1, 0.15) is 30.5 Å². The standard InChI is InChI=1S/C14H17BrN4O2/c1-3-13(16-2)11-7-17-18(9-11)8-10-4-5-12(15)6-14(10)19(20)21/h4-7,9,13,16H,3,8H2,1-2H3. The van der Waals surface area contributed by atoms with Crippen molar-refractivity contribution >= 4 is 21.6 Å². The Morgan fingerprint density at radius 2 is 2.29 bits per heavy atom. The third-order valence-corrected chi connectivity index (χ3v) is 3.88. The highest BCUT2D eigenvalue weighted by molar-refractivity contribution is 9.10. The topological polar surface area (TPSA) is 73.0 Å². The molecule has 0 saturated heterocycles. The first-order valence-corrected chi connectivity index (χ1v) is 7.47. The molecule has 1 aromatic heterocycles. The van der Waals surface area contributed by atoms with Crippen LogP contribution in [0.15, 0.2) is 35.1 Å². The average molecular weight is 353 g/mol. The quantitative estimate of drug-likeness (QED) is 0.639. The molecule has 0 aliphatic rings. The fraction of sp³-hybridized carbons (Fsp3) is 0.357. The smallest absolute Gasteiger partial charge is 0.275 e. The second-order valence-corrected chi connectivity index (χ2v) is 5.67. The average Bonchev–Trinajstić information content (AvgIpc) is 2.90. The second kappa shape index (κ2) is 6.82. The van der Waals surface area contributed by atoms with Gasteiger partial charge in [-0.3, -0.25) is 14.8 Å². The van der Waals surface area contributed by atoms with Crippen LogP contribution < -0.4 is 5.32 Å². The molecule has 1 unspecified atom stereocenters. The van der Waals surface area contributed by atoms with Gasteiger partial charge in [-0.2, -0.15) is 5.10 Å². The van der Waals surface area contributed by atoms with E-state index in [1.54, 1.807) is 23.0 Å². The molecule has 0 amide bonds. The summed E-state index contributed by atoms with van der Waals surface area (Å²) in [6.07, 6.45) is 4.69.